The Kier molecular flexibility index (Phi) is 4.96. The largest absolute Gasteiger partial charge is 0.376 e. The maximum Gasteiger partial charge on any atom is 0.224 e. The predicted octanol–water partition coefficient (Wildman–Crippen LogP) is 2.44. The minimum absolute atomic E-state index is 0.322. The van der Waals surface area contributed by atoms with Gasteiger partial charge in [-0.1, -0.05) is 13.8 Å². The van der Waals surface area contributed by atoms with Gasteiger partial charge in [0.15, 0.2) is 0 Å². The summed E-state index contributed by atoms with van der Waals surface area (Å²) in [5.41, 5.74) is 0.969. The third-order valence-electron chi connectivity index (χ3n) is 3.06. The molecular weight excluding hydrogens is 240 g/mol. The zero-order valence-electron chi connectivity index (χ0n) is 12.1. The number of hydrogen-bond donors (Lipinski definition) is 2. The molecule has 1 aliphatic rings. The summed E-state index contributed by atoms with van der Waals surface area (Å²) < 4.78 is 5.59. The van der Waals surface area contributed by atoms with Gasteiger partial charge in [0.2, 0.25) is 5.95 Å². The molecule has 1 aromatic heterocycles. The van der Waals surface area contributed by atoms with Gasteiger partial charge < -0.3 is 15.4 Å². The highest BCUT2D eigenvalue weighted by atomic mass is 16.5. The molecule has 106 valence electrons. The standard InChI is InChI=1S/C14H24N4O/c1-10(2)8-16-14-17-11(3)7-13(18-14)15-9-12-5-4-6-19-12/h7,10,12H,4-6,8-9H2,1-3H3,(H2,15,16,17,18). The van der Waals surface area contributed by atoms with Crippen LogP contribution < -0.4 is 10.6 Å². The van der Waals surface area contributed by atoms with Crippen molar-refractivity contribution in [3.63, 3.8) is 0 Å². The number of ether oxygens (including phenoxy) is 1. The Morgan fingerprint density at radius 2 is 2.21 bits per heavy atom. The molecule has 5 heteroatoms. The lowest BCUT2D eigenvalue weighted by Gasteiger charge is -2.13. The van der Waals surface area contributed by atoms with Crippen molar-refractivity contribution in [2.45, 2.75) is 39.7 Å². The molecule has 0 aliphatic carbocycles. The first kappa shape index (κ1) is 14.1. The van der Waals surface area contributed by atoms with Crippen molar-refractivity contribution in [1.29, 1.82) is 0 Å². The fraction of sp³-hybridized carbons (Fsp3) is 0.714. The molecule has 0 spiro atoms. The van der Waals surface area contributed by atoms with E-state index in [2.05, 4.69) is 34.4 Å². The molecule has 19 heavy (non-hydrogen) atoms. The van der Waals surface area contributed by atoms with Crippen molar-refractivity contribution in [3.8, 4) is 0 Å². The van der Waals surface area contributed by atoms with Crippen molar-refractivity contribution < 1.29 is 4.74 Å². The Morgan fingerprint density at radius 1 is 1.37 bits per heavy atom. The van der Waals surface area contributed by atoms with Crippen LogP contribution in [-0.4, -0.2) is 35.8 Å². The van der Waals surface area contributed by atoms with Crippen LogP contribution in [0.3, 0.4) is 0 Å². The van der Waals surface area contributed by atoms with Crippen LogP contribution in [0.2, 0.25) is 0 Å². The quantitative estimate of drug-likeness (QED) is 0.826. The fourth-order valence-electron chi connectivity index (χ4n) is 2.06. The summed E-state index contributed by atoms with van der Waals surface area (Å²) in [7, 11) is 0. The van der Waals surface area contributed by atoms with Crippen LogP contribution in [0, 0.1) is 12.8 Å². The van der Waals surface area contributed by atoms with Crippen LogP contribution in [0.5, 0.6) is 0 Å². The smallest absolute Gasteiger partial charge is 0.224 e. The first-order valence-electron chi connectivity index (χ1n) is 7.08. The van der Waals surface area contributed by atoms with Gasteiger partial charge in [-0.25, -0.2) is 4.98 Å². The normalized spacial score (nSPS) is 18.8. The van der Waals surface area contributed by atoms with Crippen molar-refractivity contribution in [2.24, 2.45) is 5.92 Å². The van der Waals surface area contributed by atoms with Crippen molar-refractivity contribution in [1.82, 2.24) is 9.97 Å². The zero-order chi connectivity index (χ0) is 13.7. The van der Waals surface area contributed by atoms with Crippen molar-refractivity contribution >= 4 is 11.8 Å². The molecule has 2 N–H and O–H groups in total. The summed E-state index contributed by atoms with van der Waals surface area (Å²) in [6, 6.07) is 1.97. The van der Waals surface area contributed by atoms with Crippen LogP contribution >= 0.6 is 0 Å². The SMILES string of the molecule is Cc1cc(NCC2CCCO2)nc(NCC(C)C)n1. The van der Waals surface area contributed by atoms with Crippen LogP contribution in [0.15, 0.2) is 6.07 Å². The Hall–Kier alpha value is -1.36. The summed E-state index contributed by atoms with van der Waals surface area (Å²) in [6.07, 6.45) is 2.62. The number of aromatic nitrogens is 2. The summed E-state index contributed by atoms with van der Waals surface area (Å²) in [5, 5.41) is 6.60. The van der Waals surface area contributed by atoms with Gasteiger partial charge in [0.05, 0.1) is 6.10 Å². The molecule has 1 aromatic rings. The summed E-state index contributed by atoms with van der Waals surface area (Å²) >= 11 is 0. The van der Waals surface area contributed by atoms with E-state index in [1.165, 1.54) is 0 Å². The molecule has 0 radical (unpaired) electrons. The van der Waals surface area contributed by atoms with Gasteiger partial charge in [0, 0.05) is 31.5 Å². The second-order valence-electron chi connectivity index (χ2n) is 5.51. The Bertz CT molecular complexity index is 402. The molecule has 1 atom stereocenters. The second-order valence-corrected chi connectivity index (χ2v) is 5.51. The Balaban J connectivity index is 1.91. The van der Waals surface area contributed by atoms with Crippen LogP contribution in [-0.2, 0) is 4.74 Å². The molecule has 1 aliphatic heterocycles. The maximum atomic E-state index is 5.59. The van der Waals surface area contributed by atoms with Crippen LogP contribution in [0.25, 0.3) is 0 Å². The van der Waals surface area contributed by atoms with Crippen molar-refractivity contribution in [2.75, 3.05) is 30.3 Å². The van der Waals surface area contributed by atoms with E-state index in [1.54, 1.807) is 0 Å². The zero-order valence-corrected chi connectivity index (χ0v) is 12.1. The number of aryl methyl sites for hydroxylation is 1. The van der Waals surface area contributed by atoms with E-state index in [4.69, 9.17) is 4.74 Å². The molecule has 2 heterocycles. The highest BCUT2D eigenvalue weighted by Crippen LogP contribution is 2.14. The first-order valence-corrected chi connectivity index (χ1v) is 7.08. The third kappa shape index (κ3) is 4.67. The summed E-state index contributed by atoms with van der Waals surface area (Å²) in [6.45, 7) is 8.91. The van der Waals surface area contributed by atoms with Gasteiger partial charge in [-0.05, 0) is 25.7 Å². The van der Waals surface area contributed by atoms with E-state index in [0.29, 0.717) is 18.0 Å². The minimum Gasteiger partial charge on any atom is -0.376 e. The van der Waals surface area contributed by atoms with Gasteiger partial charge >= 0.3 is 0 Å². The topological polar surface area (TPSA) is 59.1 Å². The lowest BCUT2D eigenvalue weighted by molar-refractivity contribution is 0.120. The summed E-state index contributed by atoms with van der Waals surface area (Å²) in [5.74, 6) is 2.14. The predicted molar refractivity (Wildman–Crippen MR) is 77.6 cm³/mol. The van der Waals surface area contributed by atoms with Gasteiger partial charge in [0.25, 0.3) is 0 Å². The fourth-order valence-corrected chi connectivity index (χ4v) is 2.06. The number of nitrogens with zero attached hydrogens (tertiary/aromatic N) is 2. The van der Waals surface area contributed by atoms with Crippen LogP contribution in [0.1, 0.15) is 32.4 Å². The summed E-state index contributed by atoms with van der Waals surface area (Å²) in [4.78, 5) is 8.87. The molecular formula is C14H24N4O. The Labute approximate surface area is 115 Å². The Morgan fingerprint density at radius 3 is 2.89 bits per heavy atom. The first-order chi connectivity index (χ1) is 9.13. The minimum atomic E-state index is 0.322. The highest BCUT2D eigenvalue weighted by molar-refractivity contribution is 5.42. The molecule has 0 aromatic carbocycles. The van der Waals surface area contributed by atoms with Gasteiger partial charge in [-0.3, -0.25) is 0 Å². The van der Waals surface area contributed by atoms with Crippen molar-refractivity contribution in [3.05, 3.63) is 11.8 Å². The van der Waals surface area contributed by atoms with Gasteiger partial charge in [-0.15, -0.1) is 0 Å². The monoisotopic (exact) mass is 264 g/mol. The number of rotatable bonds is 6. The lowest BCUT2D eigenvalue weighted by Crippen LogP contribution is -2.19. The maximum absolute atomic E-state index is 5.59. The van der Waals surface area contributed by atoms with E-state index < -0.39 is 0 Å². The lowest BCUT2D eigenvalue weighted by atomic mass is 10.2. The molecule has 2 rings (SSSR count). The van der Waals surface area contributed by atoms with Crippen LogP contribution in [0.4, 0.5) is 11.8 Å². The number of hydrogen-bond acceptors (Lipinski definition) is 5. The molecule has 1 saturated heterocycles. The third-order valence-corrected chi connectivity index (χ3v) is 3.06. The number of nitrogens with one attached hydrogen (secondary N) is 2. The van der Waals surface area contributed by atoms with E-state index in [1.807, 2.05) is 13.0 Å². The van der Waals surface area contributed by atoms with E-state index >= 15 is 0 Å². The average Bonchev–Trinajstić information content (AvgIpc) is 2.86. The molecule has 5 nitrogen and oxygen atoms in total. The van der Waals surface area contributed by atoms with E-state index in [-0.39, 0.29) is 0 Å². The molecule has 1 unspecified atom stereocenters. The van der Waals surface area contributed by atoms with E-state index in [9.17, 15) is 0 Å². The highest BCUT2D eigenvalue weighted by Gasteiger charge is 2.15. The molecule has 0 saturated carbocycles. The average molecular weight is 264 g/mol. The molecule has 0 amide bonds. The number of anilines is 2. The van der Waals surface area contributed by atoms with E-state index in [0.717, 1.165) is 44.0 Å². The van der Waals surface area contributed by atoms with Gasteiger partial charge in [-0.2, -0.15) is 4.98 Å². The molecule has 1 fully saturated rings. The molecule has 0 bridgehead atoms. The second kappa shape index (κ2) is 6.70. The van der Waals surface area contributed by atoms with Gasteiger partial charge in [0.1, 0.15) is 5.82 Å².